The average molecular weight is 378 g/mol. The number of nitrogens with one attached hydrogen (secondary N) is 3. The van der Waals surface area contributed by atoms with Crippen LogP contribution in [0.4, 0.5) is 5.82 Å². The van der Waals surface area contributed by atoms with Crippen LogP contribution in [0.15, 0.2) is 60.8 Å². The lowest BCUT2D eigenvalue weighted by molar-refractivity contribution is 0.0939. The first-order chi connectivity index (χ1) is 12.7. The molecule has 1 aliphatic rings. The molecule has 0 bridgehead atoms. The molecule has 3 heterocycles. The van der Waals surface area contributed by atoms with Crippen LogP contribution in [0.3, 0.4) is 0 Å². The van der Waals surface area contributed by atoms with E-state index in [1.807, 2.05) is 65.4 Å². The highest BCUT2D eigenvalue weighted by Crippen LogP contribution is 2.35. The average Bonchev–Trinajstić information content (AvgIpc) is 3.23. The van der Waals surface area contributed by atoms with Crippen LogP contribution in [-0.4, -0.2) is 15.5 Å². The Hall–Kier alpha value is -2.90. The van der Waals surface area contributed by atoms with E-state index < -0.39 is 0 Å². The van der Waals surface area contributed by atoms with Crippen molar-refractivity contribution in [1.29, 1.82) is 0 Å². The van der Waals surface area contributed by atoms with E-state index in [9.17, 15) is 4.79 Å². The molecule has 5 nitrogen and oxygen atoms in total. The van der Waals surface area contributed by atoms with E-state index in [4.69, 9.17) is 12.2 Å². The number of hydrogen-bond donors (Lipinski definition) is 3. The molecule has 4 aromatic rings. The second-order valence-electron chi connectivity index (χ2n) is 6.06. The second kappa shape index (κ2) is 5.82. The molecular weight excluding hydrogens is 364 g/mol. The van der Waals surface area contributed by atoms with Crippen molar-refractivity contribution in [2.24, 2.45) is 0 Å². The molecule has 2 aromatic heterocycles. The summed E-state index contributed by atoms with van der Waals surface area (Å²) in [5.41, 5.74) is 2.97. The van der Waals surface area contributed by atoms with Crippen molar-refractivity contribution in [3.8, 4) is 5.69 Å². The quantitative estimate of drug-likeness (QED) is 0.447. The number of hydrogen-bond acceptors (Lipinski definition) is 4. The van der Waals surface area contributed by atoms with Crippen LogP contribution >= 0.6 is 23.6 Å². The normalized spacial score (nSPS) is 16.2. The molecule has 1 aliphatic heterocycles. The van der Waals surface area contributed by atoms with E-state index in [0.717, 1.165) is 28.0 Å². The molecular formula is C19H14N4OS2. The van der Waals surface area contributed by atoms with Crippen LogP contribution in [0.5, 0.6) is 0 Å². The number of amides is 1. The van der Waals surface area contributed by atoms with Gasteiger partial charge in [-0.05, 0) is 30.4 Å². The van der Waals surface area contributed by atoms with Crippen molar-refractivity contribution in [2.75, 3.05) is 5.32 Å². The number of fused-ring (bicyclic) bond motifs is 2. The lowest BCUT2D eigenvalue weighted by Gasteiger charge is -2.26. The van der Waals surface area contributed by atoms with Crippen LogP contribution in [-0.2, 0) is 0 Å². The van der Waals surface area contributed by atoms with Crippen molar-refractivity contribution < 1.29 is 4.79 Å². The fourth-order valence-corrected chi connectivity index (χ4v) is 4.64. The Kier molecular flexibility index (Phi) is 3.44. The predicted molar refractivity (Wildman–Crippen MR) is 107 cm³/mol. The number of nitrogens with zero attached hydrogens (tertiary/aromatic N) is 1. The lowest BCUT2D eigenvalue weighted by Crippen LogP contribution is -2.38. The van der Waals surface area contributed by atoms with Gasteiger partial charge >= 0.3 is 0 Å². The first-order valence-corrected chi connectivity index (χ1v) is 9.39. The fraction of sp³-hybridized carbons (Fsp3) is 0.0526. The minimum Gasteiger partial charge on any atom is -0.361 e. The van der Waals surface area contributed by atoms with E-state index in [-0.39, 0.29) is 12.1 Å². The summed E-state index contributed by atoms with van der Waals surface area (Å²) in [5.74, 6) is 0.630. The zero-order valence-corrected chi connectivity index (χ0v) is 15.2. The zero-order valence-electron chi connectivity index (χ0n) is 13.5. The van der Waals surface area contributed by atoms with Gasteiger partial charge in [-0.3, -0.25) is 9.36 Å². The molecule has 1 amide bonds. The third kappa shape index (κ3) is 2.28. The van der Waals surface area contributed by atoms with E-state index >= 15 is 0 Å². The number of aromatic amines is 1. The summed E-state index contributed by atoms with van der Waals surface area (Å²) >= 11 is 6.84. The molecule has 3 N–H and O–H groups in total. The number of anilines is 1. The van der Waals surface area contributed by atoms with Gasteiger partial charge in [-0.2, -0.15) is 0 Å². The molecule has 128 valence electrons. The van der Waals surface area contributed by atoms with Crippen molar-refractivity contribution in [2.45, 2.75) is 6.17 Å². The maximum atomic E-state index is 12.7. The van der Waals surface area contributed by atoms with Crippen LogP contribution in [0.2, 0.25) is 0 Å². The summed E-state index contributed by atoms with van der Waals surface area (Å²) in [5, 5.41) is 7.58. The number of benzene rings is 2. The molecule has 0 unspecified atom stereocenters. The Balaban J connectivity index is 1.65. The number of para-hydroxylation sites is 2. The molecule has 1 atom stereocenters. The molecule has 2 aromatic carbocycles. The first kappa shape index (κ1) is 15.4. The van der Waals surface area contributed by atoms with E-state index in [1.165, 1.54) is 11.3 Å². The largest absolute Gasteiger partial charge is 0.361 e. The highest BCUT2D eigenvalue weighted by atomic mass is 32.1. The molecule has 26 heavy (non-hydrogen) atoms. The van der Waals surface area contributed by atoms with E-state index in [0.29, 0.717) is 8.83 Å². The van der Waals surface area contributed by atoms with Gasteiger partial charge in [0.05, 0.1) is 0 Å². The summed E-state index contributed by atoms with van der Waals surface area (Å²) in [4.78, 5) is 16.6. The first-order valence-electron chi connectivity index (χ1n) is 8.17. The van der Waals surface area contributed by atoms with Crippen molar-refractivity contribution in [1.82, 2.24) is 14.9 Å². The molecule has 0 radical (unpaired) electrons. The number of aromatic nitrogens is 2. The molecule has 0 saturated carbocycles. The van der Waals surface area contributed by atoms with Crippen molar-refractivity contribution >= 4 is 46.2 Å². The van der Waals surface area contributed by atoms with Crippen LogP contribution in [0.1, 0.15) is 21.4 Å². The summed E-state index contributed by atoms with van der Waals surface area (Å²) in [7, 11) is 0. The van der Waals surface area contributed by atoms with Gasteiger partial charge in [0.15, 0.2) is 3.95 Å². The van der Waals surface area contributed by atoms with Gasteiger partial charge in [0.1, 0.15) is 16.9 Å². The summed E-state index contributed by atoms with van der Waals surface area (Å²) < 4.78 is 2.57. The Labute approximate surface area is 158 Å². The Morgan fingerprint density at radius 3 is 2.62 bits per heavy atom. The van der Waals surface area contributed by atoms with Gasteiger partial charge in [0.25, 0.3) is 5.91 Å². The lowest BCUT2D eigenvalue weighted by atomic mass is 10.1. The van der Waals surface area contributed by atoms with Gasteiger partial charge < -0.3 is 15.6 Å². The van der Waals surface area contributed by atoms with Gasteiger partial charge in [0, 0.05) is 28.4 Å². The fourth-order valence-electron chi connectivity index (χ4n) is 3.33. The third-order valence-electron chi connectivity index (χ3n) is 4.52. The Morgan fingerprint density at radius 1 is 1.00 bits per heavy atom. The minimum absolute atomic E-state index is 0.111. The molecule has 7 heteroatoms. The van der Waals surface area contributed by atoms with Gasteiger partial charge in [-0.15, -0.1) is 0 Å². The summed E-state index contributed by atoms with van der Waals surface area (Å²) in [6, 6.07) is 17.9. The van der Waals surface area contributed by atoms with Crippen molar-refractivity contribution in [3.63, 3.8) is 0 Å². The number of rotatable bonds is 2. The minimum atomic E-state index is -0.329. The molecule has 0 fully saturated rings. The highest BCUT2D eigenvalue weighted by Gasteiger charge is 2.30. The van der Waals surface area contributed by atoms with Crippen LogP contribution in [0, 0.1) is 3.95 Å². The molecule has 0 saturated heterocycles. The summed E-state index contributed by atoms with van der Waals surface area (Å²) in [6.45, 7) is 0. The number of carbonyl (C=O) groups excluding carboxylic acids is 1. The van der Waals surface area contributed by atoms with Crippen LogP contribution in [0.25, 0.3) is 16.6 Å². The monoisotopic (exact) mass is 378 g/mol. The Bertz CT molecular complexity index is 1190. The van der Waals surface area contributed by atoms with Gasteiger partial charge in [0.2, 0.25) is 0 Å². The second-order valence-corrected chi connectivity index (χ2v) is 7.70. The van der Waals surface area contributed by atoms with Crippen LogP contribution < -0.4 is 10.6 Å². The van der Waals surface area contributed by atoms with Gasteiger partial charge in [-0.1, -0.05) is 47.7 Å². The third-order valence-corrected chi connectivity index (χ3v) is 5.89. The molecule has 5 rings (SSSR count). The maximum absolute atomic E-state index is 12.7. The smallest absolute Gasteiger partial charge is 0.267 e. The maximum Gasteiger partial charge on any atom is 0.267 e. The zero-order chi connectivity index (χ0) is 17.7. The predicted octanol–water partition coefficient (Wildman–Crippen LogP) is 4.60. The standard InChI is InChI=1S/C19H14N4OS2/c24-18-15-17(23(19(25)26-15)11-6-2-1-3-7-11)21-16(22-18)13-10-20-14-9-5-4-8-12(13)14/h1-10,16,20-21H,(H,22,24)/t16-/m0/s1. The van der Waals surface area contributed by atoms with E-state index in [1.54, 1.807) is 0 Å². The SMILES string of the molecule is O=C1N[C@@H](c2c[nH]c3ccccc23)Nc2c1sc(=S)n2-c1ccccc1. The van der Waals surface area contributed by atoms with Crippen molar-refractivity contribution in [3.05, 3.63) is 75.2 Å². The van der Waals surface area contributed by atoms with Gasteiger partial charge in [-0.25, -0.2) is 0 Å². The van der Waals surface area contributed by atoms with E-state index in [2.05, 4.69) is 15.6 Å². The topological polar surface area (TPSA) is 61.9 Å². The number of thiazole rings is 1. The number of carbonyl (C=O) groups is 1. The number of H-pyrrole nitrogens is 1. The molecule has 0 aliphatic carbocycles. The summed E-state index contributed by atoms with van der Waals surface area (Å²) in [6.07, 6.45) is 1.60. The highest BCUT2D eigenvalue weighted by molar-refractivity contribution is 7.73. The Morgan fingerprint density at radius 2 is 1.77 bits per heavy atom. The molecule has 0 spiro atoms.